The van der Waals surface area contributed by atoms with Crippen molar-refractivity contribution in [3.8, 4) is 44.9 Å². The summed E-state index contributed by atoms with van der Waals surface area (Å²) in [6.07, 6.45) is 0. The molecule has 0 fully saturated rings. The minimum Gasteiger partial charge on any atom is -0.454 e. The molecule has 0 saturated heterocycles. The van der Waals surface area contributed by atoms with E-state index in [1.807, 2.05) is 22.7 Å². The lowest BCUT2D eigenvalue weighted by atomic mass is 9.33. The molecule has 2 aromatic heterocycles. The summed E-state index contributed by atoms with van der Waals surface area (Å²) in [6.45, 7) is 9.18. The van der Waals surface area contributed by atoms with Crippen LogP contribution in [0.5, 0.6) is 11.5 Å². The van der Waals surface area contributed by atoms with Crippen molar-refractivity contribution in [3.63, 3.8) is 0 Å². The standard InChI is InChI=1S/C66H47BN2O2S2/c1-39-32-56-63-57(33-39)69(54-30-23-45(66(2,3)4)37-51(54)41-12-6-5-7-13-41)64-52(28-31-58-65(64)71-38-70-58)67(63)53-34-42(44-21-27-50-48-15-9-11-17-60(48)73-62(50)36-44)22-29-55(53)68(56)46-24-18-40(19-25-46)43-20-26-49-47-14-8-10-16-59(47)72-61(49)35-43/h5-37H,38H2,1-4H3. The van der Waals surface area contributed by atoms with Crippen molar-refractivity contribution < 1.29 is 9.47 Å². The van der Waals surface area contributed by atoms with Crippen molar-refractivity contribution in [2.45, 2.75) is 33.1 Å². The fourth-order valence-corrected chi connectivity index (χ4v) is 14.2. The predicted molar refractivity (Wildman–Crippen MR) is 312 cm³/mol. The van der Waals surface area contributed by atoms with Gasteiger partial charge in [0.05, 0.1) is 11.4 Å². The molecule has 4 nitrogen and oxygen atoms in total. The van der Waals surface area contributed by atoms with E-state index in [-0.39, 0.29) is 18.9 Å². The Morgan fingerprint density at radius 2 is 1.04 bits per heavy atom. The molecule has 0 amide bonds. The van der Waals surface area contributed by atoms with Crippen molar-refractivity contribution in [1.82, 2.24) is 0 Å². The highest BCUT2D eigenvalue weighted by molar-refractivity contribution is 7.26. The second-order valence-electron chi connectivity index (χ2n) is 20.8. The van der Waals surface area contributed by atoms with Gasteiger partial charge < -0.3 is 19.3 Å². The van der Waals surface area contributed by atoms with Gasteiger partial charge >= 0.3 is 0 Å². The van der Waals surface area contributed by atoms with E-state index in [9.17, 15) is 0 Å². The first-order valence-electron chi connectivity index (χ1n) is 25.2. The van der Waals surface area contributed by atoms with Gasteiger partial charge in [0.1, 0.15) is 0 Å². The minimum atomic E-state index is -0.119. The highest BCUT2D eigenvalue weighted by Gasteiger charge is 2.46. The third-order valence-electron chi connectivity index (χ3n) is 15.4. The van der Waals surface area contributed by atoms with Gasteiger partial charge in [-0.15, -0.1) is 22.7 Å². The number of anilines is 6. The summed E-state index contributed by atoms with van der Waals surface area (Å²) in [5, 5.41) is 5.25. The molecule has 10 aromatic carbocycles. The number of hydrogen-bond acceptors (Lipinski definition) is 6. The van der Waals surface area contributed by atoms with Crippen LogP contribution in [-0.4, -0.2) is 13.5 Å². The smallest absolute Gasteiger partial charge is 0.252 e. The molecule has 0 spiro atoms. The van der Waals surface area contributed by atoms with Crippen LogP contribution < -0.4 is 35.7 Å². The summed E-state index contributed by atoms with van der Waals surface area (Å²) in [6, 6.07) is 75.0. The Kier molecular flexibility index (Phi) is 9.30. The van der Waals surface area contributed by atoms with Crippen LogP contribution in [0.25, 0.3) is 73.7 Å². The van der Waals surface area contributed by atoms with E-state index < -0.39 is 0 Å². The quantitative estimate of drug-likeness (QED) is 0.160. The van der Waals surface area contributed by atoms with Gasteiger partial charge in [-0.25, -0.2) is 0 Å². The molecule has 3 aliphatic heterocycles. The van der Waals surface area contributed by atoms with Gasteiger partial charge in [-0.05, 0) is 140 Å². The number of nitrogens with zero attached hydrogens (tertiary/aromatic N) is 2. The number of benzene rings is 10. The normalized spacial score (nSPS) is 13.6. The lowest BCUT2D eigenvalue weighted by molar-refractivity contribution is 0.174. The van der Waals surface area contributed by atoms with Gasteiger partial charge in [0.2, 0.25) is 6.79 Å². The van der Waals surface area contributed by atoms with Crippen molar-refractivity contribution in [1.29, 1.82) is 0 Å². The topological polar surface area (TPSA) is 24.9 Å². The monoisotopic (exact) mass is 974 g/mol. The van der Waals surface area contributed by atoms with Crippen LogP contribution in [0.15, 0.2) is 200 Å². The van der Waals surface area contributed by atoms with E-state index in [0.717, 1.165) is 45.5 Å². The van der Waals surface area contributed by atoms with Gasteiger partial charge in [0.25, 0.3) is 6.71 Å². The number of rotatable bonds is 5. The summed E-state index contributed by atoms with van der Waals surface area (Å²) < 4.78 is 18.1. The van der Waals surface area contributed by atoms with Crippen LogP contribution in [0.2, 0.25) is 0 Å². The third-order valence-corrected chi connectivity index (χ3v) is 17.7. The molecule has 0 radical (unpaired) electrons. The lowest BCUT2D eigenvalue weighted by Crippen LogP contribution is -2.61. The van der Waals surface area contributed by atoms with E-state index in [1.165, 1.54) is 101 Å². The van der Waals surface area contributed by atoms with E-state index in [0.29, 0.717) is 0 Å². The van der Waals surface area contributed by atoms with Gasteiger partial charge in [-0.3, -0.25) is 0 Å². The average Bonchev–Trinajstić information content (AvgIpc) is 4.16. The maximum absolute atomic E-state index is 6.61. The number of aryl methyl sites for hydroxylation is 1. The van der Waals surface area contributed by atoms with Crippen LogP contribution in [0, 0.1) is 6.92 Å². The number of hydrogen-bond donors (Lipinski definition) is 0. The predicted octanol–water partition coefficient (Wildman–Crippen LogP) is 16.8. The van der Waals surface area contributed by atoms with Gasteiger partial charge in [-0.1, -0.05) is 148 Å². The first kappa shape index (κ1) is 42.6. The van der Waals surface area contributed by atoms with E-state index >= 15 is 0 Å². The summed E-state index contributed by atoms with van der Waals surface area (Å²) in [7, 11) is 0. The molecule has 5 heterocycles. The van der Waals surface area contributed by atoms with Crippen molar-refractivity contribution in [2.75, 3.05) is 16.6 Å². The first-order valence-corrected chi connectivity index (χ1v) is 26.8. The molecule has 73 heavy (non-hydrogen) atoms. The molecule has 0 unspecified atom stereocenters. The zero-order valence-electron chi connectivity index (χ0n) is 40.9. The molecule has 0 N–H and O–H groups in total. The van der Waals surface area contributed by atoms with Gasteiger partial charge in [0.15, 0.2) is 11.5 Å². The Balaban J connectivity index is 0.965. The van der Waals surface area contributed by atoms with Crippen LogP contribution in [0.1, 0.15) is 31.9 Å². The molecule has 0 aliphatic carbocycles. The molecule has 3 aliphatic rings. The van der Waals surface area contributed by atoms with Gasteiger partial charge in [0, 0.05) is 68.7 Å². The summed E-state index contributed by atoms with van der Waals surface area (Å²) in [5.74, 6) is 1.55. The fourth-order valence-electron chi connectivity index (χ4n) is 11.9. The summed E-state index contributed by atoms with van der Waals surface area (Å²) in [4.78, 5) is 5.02. The highest BCUT2D eigenvalue weighted by atomic mass is 32.1. The Morgan fingerprint density at radius 1 is 0.452 bits per heavy atom. The molecular weight excluding hydrogens is 928 g/mol. The van der Waals surface area contributed by atoms with Crippen molar-refractivity contribution in [3.05, 3.63) is 211 Å². The fraction of sp³-hybridized carbons (Fsp3) is 0.0909. The SMILES string of the molecule is Cc1cc2c3c(c1)N(c1ccc(C(C)(C)C)cc1-c1ccccc1)c1c(ccc4c1OCO4)B3c1cc(-c3ccc4c(c3)sc3ccccc34)ccc1N2c1ccc(-c2ccc3c(c2)sc2ccccc23)cc1. The Morgan fingerprint density at radius 3 is 1.74 bits per heavy atom. The second-order valence-corrected chi connectivity index (χ2v) is 23.0. The molecule has 0 saturated carbocycles. The third kappa shape index (κ3) is 6.58. The highest BCUT2D eigenvalue weighted by Crippen LogP contribution is 2.53. The van der Waals surface area contributed by atoms with Crippen LogP contribution in [0.4, 0.5) is 34.1 Å². The zero-order chi connectivity index (χ0) is 48.7. The Labute approximate surface area is 433 Å². The molecule has 0 bridgehead atoms. The van der Waals surface area contributed by atoms with Crippen LogP contribution in [0.3, 0.4) is 0 Å². The molecular formula is C66H47BN2O2S2. The summed E-state index contributed by atoms with van der Waals surface area (Å²) in [5.41, 5.74) is 19.9. The molecule has 348 valence electrons. The molecule has 12 aromatic rings. The Bertz CT molecular complexity index is 4260. The maximum Gasteiger partial charge on any atom is 0.252 e. The molecule has 15 rings (SSSR count). The average molecular weight is 975 g/mol. The van der Waals surface area contributed by atoms with E-state index in [4.69, 9.17) is 9.47 Å². The molecule has 7 heteroatoms. The zero-order valence-corrected chi connectivity index (χ0v) is 42.5. The second kappa shape index (κ2) is 16.0. The number of ether oxygens (including phenoxy) is 2. The largest absolute Gasteiger partial charge is 0.454 e. The minimum absolute atomic E-state index is 0.0576. The van der Waals surface area contributed by atoms with Crippen molar-refractivity contribution in [2.24, 2.45) is 0 Å². The van der Waals surface area contributed by atoms with Gasteiger partial charge in [-0.2, -0.15) is 0 Å². The van der Waals surface area contributed by atoms with E-state index in [2.05, 4.69) is 238 Å². The lowest BCUT2D eigenvalue weighted by Gasteiger charge is -2.45. The van der Waals surface area contributed by atoms with E-state index in [1.54, 1.807) is 0 Å². The summed E-state index contributed by atoms with van der Waals surface area (Å²) >= 11 is 3.74. The molecule has 0 atom stereocenters. The van der Waals surface area contributed by atoms with Crippen molar-refractivity contribution >= 4 is 120 Å². The van der Waals surface area contributed by atoms with Crippen LogP contribution >= 0.6 is 22.7 Å². The van der Waals surface area contributed by atoms with Crippen LogP contribution in [-0.2, 0) is 5.41 Å². The Hall–Kier alpha value is -8.10. The number of thiophene rings is 2. The number of fused-ring (bicyclic) bond motifs is 12. The first-order chi connectivity index (χ1) is 35.7. The maximum atomic E-state index is 6.61.